The number of halogens is 1. The van der Waals surface area contributed by atoms with Crippen molar-refractivity contribution in [3.05, 3.63) is 51.2 Å². The Labute approximate surface area is 152 Å². The fourth-order valence-corrected chi connectivity index (χ4v) is 3.30. The van der Waals surface area contributed by atoms with E-state index in [1.54, 1.807) is 4.90 Å². The van der Waals surface area contributed by atoms with Gasteiger partial charge in [-0.3, -0.25) is 0 Å². The average molecular weight is 367 g/mol. The summed E-state index contributed by atoms with van der Waals surface area (Å²) in [4.78, 5) is 15.2. The molecule has 0 radical (unpaired) electrons. The van der Waals surface area contributed by atoms with Gasteiger partial charge in [-0.25, -0.2) is 4.79 Å². The molecule has 0 bridgehead atoms. The third kappa shape index (κ3) is 5.73. The number of thiophene rings is 1. The van der Waals surface area contributed by atoms with Crippen LogP contribution in [0.4, 0.5) is 4.79 Å². The van der Waals surface area contributed by atoms with E-state index >= 15 is 0 Å². The molecule has 0 aliphatic rings. The molecule has 2 rings (SSSR count). The van der Waals surface area contributed by atoms with Crippen LogP contribution in [0.25, 0.3) is 0 Å². The van der Waals surface area contributed by atoms with Crippen LogP contribution in [0.2, 0.25) is 4.34 Å². The lowest BCUT2D eigenvalue weighted by molar-refractivity contribution is 0.198. The van der Waals surface area contributed by atoms with Crippen LogP contribution in [0.1, 0.15) is 31.2 Å². The van der Waals surface area contributed by atoms with Gasteiger partial charge < -0.3 is 15.0 Å². The van der Waals surface area contributed by atoms with Crippen molar-refractivity contribution in [3.8, 4) is 5.75 Å². The van der Waals surface area contributed by atoms with Gasteiger partial charge in [0.1, 0.15) is 5.75 Å². The van der Waals surface area contributed by atoms with E-state index in [0.717, 1.165) is 20.5 Å². The Kier molecular flexibility index (Phi) is 6.94. The van der Waals surface area contributed by atoms with Gasteiger partial charge in [0.15, 0.2) is 0 Å². The molecule has 1 aromatic heterocycles. The second-order valence-corrected chi connectivity index (χ2v) is 7.49. The van der Waals surface area contributed by atoms with Crippen LogP contribution in [0.5, 0.6) is 5.75 Å². The van der Waals surface area contributed by atoms with Crippen molar-refractivity contribution in [3.63, 3.8) is 0 Å². The Balaban J connectivity index is 1.86. The van der Waals surface area contributed by atoms with E-state index in [-0.39, 0.29) is 12.1 Å². The molecule has 0 saturated carbocycles. The first kappa shape index (κ1) is 18.6. The molecule has 2 amide bonds. The molecule has 0 unspecified atom stereocenters. The highest BCUT2D eigenvalue weighted by Gasteiger charge is 2.13. The fraction of sp³-hybridized carbons (Fsp3) is 0.389. The summed E-state index contributed by atoms with van der Waals surface area (Å²) in [5.41, 5.74) is 1.04. The fourth-order valence-electron chi connectivity index (χ4n) is 2.20. The van der Waals surface area contributed by atoms with Crippen molar-refractivity contribution < 1.29 is 9.53 Å². The van der Waals surface area contributed by atoms with Gasteiger partial charge in [0.05, 0.1) is 17.0 Å². The summed E-state index contributed by atoms with van der Waals surface area (Å²) in [6, 6.07) is 11.5. The summed E-state index contributed by atoms with van der Waals surface area (Å²) in [6.07, 6.45) is 0.152. The Morgan fingerprint density at radius 2 is 1.96 bits per heavy atom. The molecule has 0 atom stereocenters. The maximum Gasteiger partial charge on any atom is 0.317 e. The van der Waals surface area contributed by atoms with E-state index in [4.69, 9.17) is 16.3 Å². The molecule has 6 heteroatoms. The van der Waals surface area contributed by atoms with Crippen LogP contribution < -0.4 is 10.1 Å². The van der Waals surface area contributed by atoms with E-state index in [9.17, 15) is 4.79 Å². The number of rotatable bonds is 7. The number of nitrogens with zero attached hydrogens (tertiary/aromatic N) is 1. The van der Waals surface area contributed by atoms with Crippen molar-refractivity contribution in [2.45, 2.75) is 40.0 Å². The van der Waals surface area contributed by atoms with Gasteiger partial charge in [-0.2, -0.15) is 0 Å². The molecule has 0 saturated heterocycles. The second kappa shape index (κ2) is 8.94. The normalized spacial score (nSPS) is 10.7. The van der Waals surface area contributed by atoms with Crippen LogP contribution in [0, 0.1) is 0 Å². The van der Waals surface area contributed by atoms with Crippen LogP contribution in [-0.4, -0.2) is 23.6 Å². The number of hydrogen-bond acceptors (Lipinski definition) is 3. The summed E-state index contributed by atoms with van der Waals surface area (Å²) in [5, 5.41) is 2.96. The van der Waals surface area contributed by atoms with E-state index in [1.165, 1.54) is 11.3 Å². The zero-order valence-corrected chi connectivity index (χ0v) is 15.8. The summed E-state index contributed by atoms with van der Waals surface area (Å²) >= 11 is 7.44. The van der Waals surface area contributed by atoms with Gasteiger partial charge >= 0.3 is 6.03 Å². The van der Waals surface area contributed by atoms with Crippen molar-refractivity contribution in [2.24, 2.45) is 0 Å². The molecule has 130 valence electrons. The number of amides is 2. The van der Waals surface area contributed by atoms with Gasteiger partial charge in [-0.15, -0.1) is 11.3 Å². The van der Waals surface area contributed by atoms with Crippen LogP contribution in [0.3, 0.4) is 0 Å². The third-order valence-electron chi connectivity index (χ3n) is 3.38. The Morgan fingerprint density at radius 3 is 2.50 bits per heavy atom. The van der Waals surface area contributed by atoms with Crippen molar-refractivity contribution in [2.75, 3.05) is 6.54 Å². The predicted molar refractivity (Wildman–Crippen MR) is 99.9 cm³/mol. The number of ether oxygens (including phenoxy) is 1. The number of benzene rings is 1. The van der Waals surface area contributed by atoms with Gasteiger partial charge in [0.2, 0.25) is 0 Å². The van der Waals surface area contributed by atoms with Gasteiger partial charge in [0, 0.05) is 18.0 Å². The molecule has 1 heterocycles. The number of carbonyl (C=O) groups excluding carboxylic acids is 1. The van der Waals surface area contributed by atoms with Crippen LogP contribution >= 0.6 is 22.9 Å². The van der Waals surface area contributed by atoms with E-state index in [1.807, 2.05) is 57.2 Å². The number of nitrogens with one attached hydrogen (secondary N) is 1. The highest BCUT2D eigenvalue weighted by Crippen LogP contribution is 2.22. The Hall–Kier alpha value is -1.72. The van der Waals surface area contributed by atoms with Gasteiger partial charge in [-0.05, 0) is 50.6 Å². The molecular weight excluding hydrogens is 344 g/mol. The number of hydrogen-bond donors (Lipinski definition) is 1. The largest absolute Gasteiger partial charge is 0.491 e. The summed E-state index contributed by atoms with van der Waals surface area (Å²) in [6.45, 7) is 7.65. The molecule has 4 nitrogen and oxygen atoms in total. The maximum absolute atomic E-state index is 12.3. The standard InChI is InChI=1S/C18H23ClN2O2S/c1-4-21(12-16-9-10-17(19)24-16)18(22)20-11-14-5-7-15(8-6-14)23-13(2)3/h5-10,13H,4,11-12H2,1-3H3,(H,20,22). The third-order valence-corrected chi connectivity index (χ3v) is 4.60. The molecule has 0 aliphatic carbocycles. The monoisotopic (exact) mass is 366 g/mol. The molecule has 0 aliphatic heterocycles. The van der Waals surface area contributed by atoms with E-state index < -0.39 is 0 Å². The van der Waals surface area contributed by atoms with Crippen LogP contribution in [0.15, 0.2) is 36.4 Å². The minimum atomic E-state index is -0.0791. The van der Waals surface area contributed by atoms with Crippen LogP contribution in [-0.2, 0) is 13.1 Å². The number of urea groups is 1. The lowest BCUT2D eigenvalue weighted by Crippen LogP contribution is -2.38. The SMILES string of the molecule is CCN(Cc1ccc(Cl)s1)C(=O)NCc1ccc(OC(C)C)cc1. The Morgan fingerprint density at radius 1 is 1.25 bits per heavy atom. The summed E-state index contributed by atoms with van der Waals surface area (Å²) in [5.74, 6) is 0.838. The molecular formula is C18H23ClN2O2S. The Bertz CT molecular complexity index is 655. The minimum Gasteiger partial charge on any atom is -0.491 e. The maximum atomic E-state index is 12.3. The molecule has 1 N–H and O–H groups in total. The zero-order chi connectivity index (χ0) is 17.5. The van der Waals surface area contributed by atoms with Gasteiger partial charge in [-0.1, -0.05) is 23.7 Å². The minimum absolute atomic E-state index is 0.0791. The highest BCUT2D eigenvalue weighted by molar-refractivity contribution is 7.16. The van der Waals surface area contributed by atoms with E-state index in [0.29, 0.717) is 19.6 Å². The molecule has 2 aromatic rings. The van der Waals surface area contributed by atoms with Crippen molar-refractivity contribution in [1.82, 2.24) is 10.2 Å². The molecule has 1 aromatic carbocycles. The summed E-state index contributed by atoms with van der Waals surface area (Å²) in [7, 11) is 0. The average Bonchev–Trinajstić information content (AvgIpc) is 2.96. The second-order valence-electron chi connectivity index (χ2n) is 5.69. The predicted octanol–water partition coefficient (Wildman–Crippen LogP) is 4.92. The quantitative estimate of drug-likeness (QED) is 0.755. The smallest absolute Gasteiger partial charge is 0.317 e. The molecule has 24 heavy (non-hydrogen) atoms. The first-order valence-corrected chi connectivity index (χ1v) is 9.20. The highest BCUT2D eigenvalue weighted by atomic mass is 35.5. The zero-order valence-electron chi connectivity index (χ0n) is 14.2. The molecule has 0 spiro atoms. The molecule has 0 fully saturated rings. The van der Waals surface area contributed by atoms with Crippen molar-refractivity contribution >= 4 is 29.0 Å². The lowest BCUT2D eigenvalue weighted by atomic mass is 10.2. The summed E-state index contributed by atoms with van der Waals surface area (Å²) < 4.78 is 6.35. The first-order chi connectivity index (χ1) is 11.5. The topological polar surface area (TPSA) is 41.6 Å². The van der Waals surface area contributed by atoms with E-state index in [2.05, 4.69) is 5.32 Å². The van der Waals surface area contributed by atoms with Gasteiger partial charge in [0.25, 0.3) is 0 Å². The lowest BCUT2D eigenvalue weighted by Gasteiger charge is -2.20. The first-order valence-electron chi connectivity index (χ1n) is 8.00. The number of carbonyl (C=O) groups is 1. The van der Waals surface area contributed by atoms with Crippen molar-refractivity contribution in [1.29, 1.82) is 0 Å².